The smallest absolute Gasteiger partial charge is 0.323 e. The molecular weight excluding hydrogens is 220 g/mol. The summed E-state index contributed by atoms with van der Waals surface area (Å²) in [5, 5.41) is 8.78. The minimum atomic E-state index is -0.968. The maximum atomic E-state index is 12.1. The first-order chi connectivity index (χ1) is 7.97. The second kappa shape index (κ2) is 7.92. The number of carboxylic acid groups (broad SMARTS) is 1. The van der Waals surface area contributed by atoms with Crippen LogP contribution in [0.25, 0.3) is 0 Å². The lowest BCUT2D eigenvalue weighted by molar-refractivity contribution is -0.137. The number of amides is 2. The molecule has 17 heavy (non-hydrogen) atoms. The average molecular weight is 244 g/mol. The van der Waals surface area contributed by atoms with Crippen LogP contribution in [0.4, 0.5) is 4.79 Å². The Morgan fingerprint density at radius 2 is 1.71 bits per heavy atom. The second-order valence-electron chi connectivity index (χ2n) is 4.18. The van der Waals surface area contributed by atoms with Gasteiger partial charge in [-0.3, -0.25) is 4.79 Å². The molecule has 0 fully saturated rings. The Morgan fingerprint density at radius 3 is 2.06 bits per heavy atom. The molecule has 1 N–H and O–H groups in total. The number of hydrogen-bond acceptors (Lipinski definition) is 2. The first-order valence-corrected chi connectivity index (χ1v) is 6.21. The third kappa shape index (κ3) is 5.06. The van der Waals surface area contributed by atoms with Gasteiger partial charge in [-0.1, -0.05) is 20.8 Å². The van der Waals surface area contributed by atoms with Gasteiger partial charge < -0.3 is 14.9 Å². The van der Waals surface area contributed by atoms with Gasteiger partial charge in [-0.25, -0.2) is 4.79 Å². The molecule has 0 bridgehead atoms. The summed E-state index contributed by atoms with van der Waals surface area (Å²) in [6.07, 6.45) is 2.52. The van der Waals surface area contributed by atoms with Crippen LogP contribution in [0.15, 0.2) is 0 Å². The Hall–Kier alpha value is -1.26. The van der Waals surface area contributed by atoms with Crippen molar-refractivity contribution in [3.8, 4) is 0 Å². The molecule has 0 aliphatic rings. The van der Waals surface area contributed by atoms with Gasteiger partial charge in [0.25, 0.3) is 0 Å². The fraction of sp³-hybridized carbons (Fsp3) is 0.833. The number of urea groups is 1. The number of carboxylic acids is 1. The maximum absolute atomic E-state index is 12.1. The van der Waals surface area contributed by atoms with E-state index in [-0.39, 0.29) is 18.6 Å². The summed E-state index contributed by atoms with van der Waals surface area (Å²) < 4.78 is 0. The molecule has 0 rings (SSSR count). The van der Waals surface area contributed by atoms with E-state index < -0.39 is 5.97 Å². The molecule has 0 aliphatic heterocycles. The maximum Gasteiger partial charge on any atom is 0.323 e. The van der Waals surface area contributed by atoms with Crippen molar-refractivity contribution < 1.29 is 14.7 Å². The van der Waals surface area contributed by atoms with Crippen LogP contribution in [-0.4, -0.2) is 53.1 Å². The average Bonchev–Trinajstić information content (AvgIpc) is 2.28. The number of nitrogens with zero attached hydrogens (tertiary/aromatic N) is 2. The predicted molar refractivity (Wildman–Crippen MR) is 67.0 cm³/mol. The fourth-order valence-electron chi connectivity index (χ4n) is 1.89. The number of rotatable bonds is 7. The van der Waals surface area contributed by atoms with E-state index in [4.69, 9.17) is 5.11 Å². The van der Waals surface area contributed by atoms with Crippen LogP contribution >= 0.6 is 0 Å². The summed E-state index contributed by atoms with van der Waals surface area (Å²) >= 11 is 0. The van der Waals surface area contributed by atoms with Crippen molar-refractivity contribution in [2.75, 3.05) is 20.1 Å². The Kier molecular flexibility index (Phi) is 7.34. The normalized spacial score (nSPS) is 10.4. The summed E-state index contributed by atoms with van der Waals surface area (Å²) in [5.74, 6) is -0.968. The zero-order valence-electron chi connectivity index (χ0n) is 11.3. The second-order valence-corrected chi connectivity index (χ2v) is 4.18. The first kappa shape index (κ1) is 15.7. The standard InChI is InChI=1S/C12H24N2O3/c1-5-8-14(9-11(15)16)12(17)13(4)10(6-2)7-3/h10H,5-9H2,1-4H3,(H,15,16). The van der Waals surface area contributed by atoms with Crippen LogP contribution in [0.2, 0.25) is 0 Å². The van der Waals surface area contributed by atoms with Crippen LogP contribution in [0.3, 0.4) is 0 Å². The summed E-state index contributed by atoms with van der Waals surface area (Å²) in [7, 11) is 1.74. The van der Waals surface area contributed by atoms with Gasteiger partial charge in [0, 0.05) is 19.6 Å². The largest absolute Gasteiger partial charge is 0.480 e. The van der Waals surface area contributed by atoms with Crippen molar-refractivity contribution in [2.45, 2.75) is 46.1 Å². The van der Waals surface area contributed by atoms with E-state index in [9.17, 15) is 9.59 Å². The van der Waals surface area contributed by atoms with Crippen molar-refractivity contribution in [1.29, 1.82) is 0 Å². The van der Waals surface area contributed by atoms with Crippen molar-refractivity contribution >= 4 is 12.0 Å². The van der Waals surface area contributed by atoms with E-state index in [0.717, 1.165) is 19.3 Å². The number of carbonyl (C=O) groups is 2. The Balaban J connectivity index is 4.63. The summed E-state index contributed by atoms with van der Waals surface area (Å²) in [4.78, 5) is 25.9. The van der Waals surface area contributed by atoms with Crippen molar-refractivity contribution in [2.24, 2.45) is 0 Å². The van der Waals surface area contributed by atoms with Gasteiger partial charge >= 0.3 is 12.0 Å². The molecule has 0 atom stereocenters. The van der Waals surface area contributed by atoms with Crippen LogP contribution in [0.5, 0.6) is 0 Å². The van der Waals surface area contributed by atoms with Gasteiger partial charge in [0.1, 0.15) is 6.54 Å². The molecular formula is C12H24N2O3. The molecule has 0 unspecified atom stereocenters. The van der Waals surface area contributed by atoms with Gasteiger partial charge in [0.05, 0.1) is 0 Å². The molecule has 5 nitrogen and oxygen atoms in total. The SMILES string of the molecule is CCCN(CC(=O)O)C(=O)N(C)C(CC)CC. The fourth-order valence-corrected chi connectivity index (χ4v) is 1.89. The molecule has 0 aliphatic carbocycles. The van der Waals surface area contributed by atoms with Crippen LogP contribution in [-0.2, 0) is 4.79 Å². The van der Waals surface area contributed by atoms with Gasteiger partial charge in [-0.15, -0.1) is 0 Å². The monoisotopic (exact) mass is 244 g/mol. The lowest BCUT2D eigenvalue weighted by Gasteiger charge is -2.31. The molecule has 0 aromatic carbocycles. The third-order valence-corrected chi connectivity index (χ3v) is 2.88. The summed E-state index contributed by atoms with van der Waals surface area (Å²) in [5.41, 5.74) is 0. The van der Waals surface area contributed by atoms with Gasteiger partial charge in [-0.2, -0.15) is 0 Å². The number of carbonyl (C=O) groups excluding carboxylic acids is 1. The van der Waals surface area contributed by atoms with E-state index in [2.05, 4.69) is 0 Å². The highest BCUT2D eigenvalue weighted by molar-refractivity contribution is 5.80. The molecule has 0 saturated carbocycles. The molecule has 0 aromatic heterocycles. The molecule has 0 radical (unpaired) electrons. The van der Waals surface area contributed by atoms with E-state index >= 15 is 0 Å². The van der Waals surface area contributed by atoms with E-state index in [1.54, 1.807) is 11.9 Å². The molecule has 2 amide bonds. The Morgan fingerprint density at radius 1 is 1.18 bits per heavy atom. The van der Waals surface area contributed by atoms with Crippen LogP contribution in [0.1, 0.15) is 40.0 Å². The third-order valence-electron chi connectivity index (χ3n) is 2.88. The number of hydrogen-bond donors (Lipinski definition) is 1. The van der Waals surface area contributed by atoms with Crippen molar-refractivity contribution in [3.63, 3.8) is 0 Å². The minimum absolute atomic E-state index is 0.177. The highest BCUT2D eigenvalue weighted by Gasteiger charge is 2.23. The zero-order chi connectivity index (χ0) is 13.4. The summed E-state index contributed by atoms with van der Waals surface area (Å²) in [6.45, 7) is 6.24. The molecule has 0 heterocycles. The predicted octanol–water partition coefficient (Wildman–Crippen LogP) is 2.02. The molecule has 5 heteroatoms. The highest BCUT2D eigenvalue weighted by Crippen LogP contribution is 2.09. The minimum Gasteiger partial charge on any atom is -0.480 e. The topological polar surface area (TPSA) is 60.9 Å². The van der Waals surface area contributed by atoms with Crippen molar-refractivity contribution in [1.82, 2.24) is 9.80 Å². The van der Waals surface area contributed by atoms with Gasteiger partial charge in [0.2, 0.25) is 0 Å². The lowest BCUT2D eigenvalue weighted by atomic mass is 10.1. The molecule has 0 aromatic rings. The molecule has 0 saturated heterocycles. The van der Waals surface area contributed by atoms with Crippen LogP contribution in [0, 0.1) is 0 Å². The molecule has 0 spiro atoms. The van der Waals surface area contributed by atoms with Gasteiger partial charge in [-0.05, 0) is 19.3 Å². The van der Waals surface area contributed by atoms with E-state index in [0.29, 0.717) is 6.54 Å². The lowest BCUT2D eigenvalue weighted by Crippen LogP contribution is -2.47. The first-order valence-electron chi connectivity index (χ1n) is 6.21. The highest BCUT2D eigenvalue weighted by atomic mass is 16.4. The number of aliphatic carboxylic acids is 1. The Labute approximate surface area is 103 Å². The molecule has 100 valence electrons. The quantitative estimate of drug-likeness (QED) is 0.745. The van der Waals surface area contributed by atoms with Crippen molar-refractivity contribution in [3.05, 3.63) is 0 Å². The van der Waals surface area contributed by atoms with Crippen LogP contribution < -0.4 is 0 Å². The zero-order valence-corrected chi connectivity index (χ0v) is 11.3. The van der Waals surface area contributed by atoms with E-state index in [1.165, 1.54) is 4.90 Å². The Bertz CT molecular complexity index is 252. The summed E-state index contributed by atoms with van der Waals surface area (Å²) in [6, 6.07) is -0.0152. The van der Waals surface area contributed by atoms with E-state index in [1.807, 2.05) is 20.8 Å². The van der Waals surface area contributed by atoms with Gasteiger partial charge in [0.15, 0.2) is 0 Å².